The van der Waals surface area contributed by atoms with E-state index in [9.17, 15) is 4.79 Å². The average Bonchev–Trinajstić information content (AvgIpc) is 2.97. The molecule has 0 aliphatic heterocycles. The summed E-state index contributed by atoms with van der Waals surface area (Å²) in [6.07, 6.45) is 0. The van der Waals surface area contributed by atoms with Crippen molar-refractivity contribution in [1.82, 2.24) is 14.8 Å². The Bertz CT molecular complexity index is 935. The minimum atomic E-state index is -0.289. The number of carbonyl (C=O) groups excluding carboxylic acids is 1. The average molecular weight is 366 g/mol. The summed E-state index contributed by atoms with van der Waals surface area (Å²) in [6, 6.07) is 15.9. The first-order valence-corrected chi connectivity index (χ1v) is 9.33. The predicted molar refractivity (Wildman–Crippen MR) is 106 cm³/mol. The Morgan fingerprint density at radius 3 is 2.62 bits per heavy atom. The number of hydrogen-bond donors (Lipinski definition) is 1. The molecular weight excluding hydrogens is 344 g/mol. The molecule has 6 heteroatoms. The number of hydrogen-bond acceptors (Lipinski definition) is 4. The normalized spacial score (nSPS) is 12.0. The highest BCUT2D eigenvalue weighted by molar-refractivity contribution is 8.00. The van der Waals surface area contributed by atoms with Gasteiger partial charge in [-0.1, -0.05) is 53.7 Å². The quantitative estimate of drug-likeness (QED) is 0.687. The number of rotatable bonds is 5. The van der Waals surface area contributed by atoms with Gasteiger partial charge in [0, 0.05) is 18.3 Å². The maximum atomic E-state index is 12.5. The molecular formula is C20H22N4OS. The van der Waals surface area contributed by atoms with Crippen molar-refractivity contribution in [2.24, 2.45) is 7.05 Å². The first kappa shape index (κ1) is 18.2. The van der Waals surface area contributed by atoms with Crippen molar-refractivity contribution in [3.8, 4) is 11.4 Å². The van der Waals surface area contributed by atoms with Crippen LogP contribution in [0.25, 0.3) is 11.4 Å². The molecule has 0 saturated carbocycles. The van der Waals surface area contributed by atoms with Crippen LogP contribution in [0.2, 0.25) is 0 Å². The van der Waals surface area contributed by atoms with Gasteiger partial charge in [-0.2, -0.15) is 0 Å². The molecule has 5 nitrogen and oxygen atoms in total. The van der Waals surface area contributed by atoms with E-state index >= 15 is 0 Å². The molecule has 1 heterocycles. The molecule has 0 aliphatic rings. The van der Waals surface area contributed by atoms with Crippen LogP contribution in [0.15, 0.2) is 53.7 Å². The Morgan fingerprint density at radius 1 is 1.12 bits per heavy atom. The zero-order valence-corrected chi connectivity index (χ0v) is 16.2. The molecule has 3 rings (SSSR count). The van der Waals surface area contributed by atoms with Crippen molar-refractivity contribution in [1.29, 1.82) is 0 Å². The highest BCUT2D eigenvalue weighted by atomic mass is 32.2. The molecule has 2 aromatic carbocycles. The van der Waals surface area contributed by atoms with Gasteiger partial charge in [0.25, 0.3) is 0 Å². The molecule has 0 bridgehead atoms. The third-order valence-corrected chi connectivity index (χ3v) is 5.30. The van der Waals surface area contributed by atoms with Gasteiger partial charge in [0.2, 0.25) is 5.91 Å². The fourth-order valence-electron chi connectivity index (χ4n) is 2.61. The Hall–Kier alpha value is -2.60. The number of carbonyl (C=O) groups is 1. The van der Waals surface area contributed by atoms with Gasteiger partial charge in [0.05, 0.1) is 5.25 Å². The van der Waals surface area contributed by atoms with E-state index in [1.807, 2.05) is 74.9 Å². The van der Waals surface area contributed by atoms with Crippen LogP contribution in [0, 0.1) is 13.8 Å². The van der Waals surface area contributed by atoms with Crippen molar-refractivity contribution in [3.63, 3.8) is 0 Å². The van der Waals surface area contributed by atoms with Gasteiger partial charge in [0.15, 0.2) is 11.0 Å². The molecule has 1 N–H and O–H groups in total. The number of nitrogens with zero attached hydrogens (tertiary/aromatic N) is 3. The van der Waals surface area contributed by atoms with Gasteiger partial charge >= 0.3 is 0 Å². The van der Waals surface area contributed by atoms with Crippen LogP contribution in [0.4, 0.5) is 5.69 Å². The predicted octanol–water partition coefficient (Wildman–Crippen LogP) is 4.22. The molecule has 0 spiro atoms. The van der Waals surface area contributed by atoms with Crippen LogP contribution < -0.4 is 5.32 Å². The Balaban J connectivity index is 1.73. The van der Waals surface area contributed by atoms with Crippen molar-refractivity contribution in [3.05, 3.63) is 59.7 Å². The summed E-state index contributed by atoms with van der Waals surface area (Å²) < 4.78 is 1.93. The zero-order chi connectivity index (χ0) is 18.7. The number of anilines is 1. The topological polar surface area (TPSA) is 59.8 Å². The summed E-state index contributed by atoms with van der Waals surface area (Å²) in [5, 5.41) is 12.0. The largest absolute Gasteiger partial charge is 0.325 e. The van der Waals surface area contributed by atoms with E-state index in [1.54, 1.807) is 0 Å². The molecule has 134 valence electrons. The SMILES string of the molecule is Cc1cccc(-c2nnc(SC(C)C(=O)Nc3ccccc3C)n2C)c1. The van der Waals surface area contributed by atoms with Crippen LogP contribution in [0.5, 0.6) is 0 Å². The lowest BCUT2D eigenvalue weighted by Gasteiger charge is -2.13. The number of aryl methyl sites for hydroxylation is 2. The molecule has 1 aromatic heterocycles. The molecule has 3 aromatic rings. The maximum absolute atomic E-state index is 12.5. The van der Waals surface area contributed by atoms with Crippen LogP contribution in [-0.2, 0) is 11.8 Å². The summed E-state index contributed by atoms with van der Waals surface area (Å²) in [6.45, 7) is 5.90. The molecule has 0 fully saturated rings. The van der Waals surface area contributed by atoms with E-state index in [0.717, 1.165) is 22.6 Å². The summed E-state index contributed by atoms with van der Waals surface area (Å²) >= 11 is 1.40. The van der Waals surface area contributed by atoms with Gasteiger partial charge in [-0.3, -0.25) is 4.79 Å². The van der Waals surface area contributed by atoms with Crippen molar-refractivity contribution >= 4 is 23.4 Å². The first-order valence-electron chi connectivity index (χ1n) is 8.45. The van der Waals surface area contributed by atoms with E-state index in [2.05, 4.69) is 21.6 Å². The van der Waals surface area contributed by atoms with E-state index in [1.165, 1.54) is 17.3 Å². The number of amides is 1. The van der Waals surface area contributed by atoms with Crippen LogP contribution >= 0.6 is 11.8 Å². The standard InChI is InChI=1S/C20H22N4OS/c1-13-8-7-10-16(12-13)18-22-23-20(24(18)4)26-15(3)19(25)21-17-11-6-5-9-14(17)2/h5-12,15H,1-4H3,(H,21,25). The second kappa shape index (κ2) is 7.74. The second-order valence-electron chi connectivity index (χ2n) is 6.30. The first-order chi connectivity index (χ1) is 12.5. The molecule has 1 amide bonds. The summed E-state index contributed by atoms with van der Waals surface area (Å²) in [5.41, 5.74) is 4.07. The zero-order valence-electron chi connectivity index (χ0n) is 15.4. The van der Waals surface area contributed by atoms with E-state index in [-0.39, 0.29) is 11.2 Å². The van der Waals surface area contributed by atoms with Crippen LogP contribution in [-0.4, -0.2) is 25.9 Å². The number of aromatic nitrogens is 3. The van der Waals surface area contributed by atoms with Crippen molar-refractivity contribution in [2.75, 3.05) is 5.32 Å². The summed E-state index contributed by atoms with van der Waals surface area (Å²) in [5.74, 6) is 0.743. The number of thioether (sulfide) groups is 1. The van der Waals surface area contributed by atoms with Gasteiger partial charge in [-0.25, -0.2) is 0 Å². The fraction of sp³-hybridized carbons (Fsp3) is 0.250. The minimum absolute atomic E-state index is 0.0515. The van der Waals surface area contributed by atoms with Crippen molar-refractivity contribution < 1.29 is 4.79 Å². The van der Waals surface area contributed by atoms with Gasteiger partial charge in [-0.05, 0) is 38.5 Å². The number of nitrogens with one attached hydrogen (secondary N) is 1. The fourth-order valence-corrected chi connectivity index (χ4v) is 3.43. The molecule has 26 heavy (non-hydrogen) atoms. The monoisotopic (exact) mass is 366 g/mol. The molecule has 0 radical (unpaired) electrons. The smallest absolute Gasteiger partial charge is 0.237 e. The lowest BCUT2D eigenvalue weighted by Crippen LogP contribution is -2.23. The highest BCUT2D eigenvalue weighted by Gasteiger charge is 2.20. The highest BCUT2D eigenvalue weighted by Crippen LogP contribution is 2.27. The van der Waals surface area contributed by atoms with E-state index < -0.39 is 0 Å². The van der Waals surface area contributed by atoms with Gasteiger partial charge in [0.1, 0.15) is 0 Å². The molecule has 1 atom stereocenters. The molecule has 0 aliphatic carbocycles. The Kier molecular flexibility index (Phi) is 5.42. The third kappa shape index (κ3) is 3.96. The van der Waals surface area contributed by atoms with Gasteiger partial charge < -0.3 is 9.88 Å². The number of benzene rings is 2. The van der Waals surface area contributed by atoms with Crippen LogP contribution in [0.3, 0.4) is 0 Å². The maximum Gasteiger partial charge on any atom is 0.237 e. The molecule has 0 saturated heterocycles. The lowest BCUT2D eigenvalue weighted by molar-refractivity contribution is -0.115. The minimum Gasteiger partial charge on any atom is -0.325 e. The van der Waals surface area contributed by atoms with Crippen molar-refractivity contribution in [2.45, 2.75) is 31.2 Å². The molecule has 1 unspecified atom stereocenters. The third-order valence-electron chi connectivity index (χ3n) is 4.17. The Labute approximate surface area is 157 Å². The van der Waals surface area contributed by atoms with E-state index in [4.69, 9.17) is 0 Å². The lowest BCUT2D eigenvalue weighted by atomic mass is 10.1. The van der Waals surface area contributed by atoms with E-state index in [0.29, 0.717) is 5.16 Å². The number of para-hydroxylation sites is 1. The van der Waals surface area contributed by atoms with Crippen LogP contribution in [0.1, 0.15) is 18.1 Å². The summed E-state index contributed by atoms with van der Waals surface area (Å²) in [7, 11) is 1.92. The summed E-state index contributed by atoms with van der Waals surface area (Å²) in [4.78, 5) is 12.5. The van der Waals surface area contributed by atoms with Gasteiger partial charge in [-0.15, -0.1) is 10.2 Å². The Morgan fingerprint density at radius 2 is 1.88 bits per heavy atom. The second-order valence-corrected chi connectivity index (χ2v) is 7.61.